The number of hydrogen-bond acceptors (Lipinski definition) is 3. The van der Waals surface area contributed by atoms with E-state index in [9.17, 15) is 14.4 Å². The molecule has 2 unspecified atom stereocenters. The summed E-state index contributed by atoms with van der Waals surface area (Å²) >= 11 is 0. The van der Waals surface area contributed by atoms with E-state index >= 15 is 0 Å². The van der Waals surface area contributed by atoms with E-state index in [0.717, 1.165) is 12.8 Å². The van der Waals surface area contributed by atoms with Crippen molar-refractivity contribution in [2.45, 2.75) is 38.3 Å². The Morgan fingerprint density at radius 2 is 2.21 bits per heavy atom. The molecule has 1 aliphatic heterocycles. The van der Waals surface area contributed by atoms with Gasteiger partial charge in [0, 0.05) is 13.1 Å². The lowest BCUT2D eigenvalue weighted by Crippen LogP contribution is -2.61. The van der Waals surface area contributed by atoms with Gasteiger partial charge in [-0.05, 0) is 25.2 Å². The van der Waals surface area contributed by atoms with E-state index in [1.807, 2.05) is 6.92 Å². The molecule has 7 heteroatoms. The van der Waals surface area contributed by atoms with Crippen LogP contribution in [0.1, 0.15) is 26.2 Å². The molecule has 2 aliphatic rings. The van der Waals surface area contributed by atoms with Crippen LogP contribution < -0.4 is 10.6 Å². The predicted molar refractivity (Wildman–Crippen MR) is 66.5 cm³/mol. The summed E-state index contributed by atoms with van der Waals surface area (Å²) in [5.74, 6) is -1.16. The maximum atomic E-state index is 12.1. The number of carboxylic acids is 1. The van der Waals surface area contributed by atoms with Gasteiger partial charge in [0.25, 0.3) is 0 Å². The van der Waals surface area contributed by atoms with Crippen molar-refractivity contribution in [1.82, 2.24) is 15.5 Å². The summed E-state index contributed by atoms with van der Waals surface area (Å²) in [5, 5.41) is 14.3. The summed E-state index contributed by atoms with van der Waals surface area (Å²) in [6, 6.07) is -1.81. The predicted octanol–water partition coefficient (Wildman–Crippen LogP) is -0.230. The minimum Gasteiger partial charge on any atom is -0.480 e. The molecular weight excluding hydrogens is 250 g/mol. The fourth-order valence-electron chi connectivity index (χ4n) is 2.39. The van der Waals surface area contributed by atoms with E-state index < -0.39 is 24.1 Å². The highest BCUT2D eigenvalue weighted by atomic mass is 16.4. The van der Waals surface area contributed by atoms with Crippen LogP contribution in [0.5, 0.6) is 0 Å². The van der Waals surface area contributed by atoms with Crippen LogP contribution in [0.25, 0.3) is 0 Å². The van der Waals surface area contributed by atoms with Crippen LogP contribution in [0.4, 0.5) is 4.79 Å². The monoisotopic (exact) mass is 269 g/mol. The van der Waals surface area contributed by atoms with Crippen molar-refractivity contribution in [3.05, 3.63) is 0 Å². The number of carbonyl (C=O) groups is 3. The van der Waals surface area contributed by atoms with Crippen LogP contribution in [0.2, 0.25) is 0 Å². The van der Waals surface area contributed by atoms with Crippen molar-refractivity contribution in [3.63, 3.8) is 0 Å². The van der Waals surface area contributed by atoms with Gasteiger partial charge in [0.2, 0.25) is 5.91 Å². The van der Waals surface area contributed by atoms with Crippen LogP contribution in [0.3, 0.4) is 0 Å². The zero-order valence-corrected chi connectivity index (χ0v) is 10.9. The molecule has 3 amide bonds. The van der Waals surface area contributed by atoms with Gasteiger partial charge in [-0.15, -0.1) is 0 Å². The molecule has 0 aromatic heterocycles. The summed E-state index contributed by atoms with van der Waals surface area (Å²) < 4.78 is 0. The van der Waals surface area contributed by atoms with Crippen molar-refractivity contribution >= 4 is 17.9 Å². The van der Waals surface area contributed by atoms with Crippen molar-refractivity contribution in [3.8, 4) is 0 Å². The first-order valence-corrected chi connectivity index (χ1v) is 6.62. The Balaban J connectivity index is 2.01. The normalized spacial score (nSPS) is 24.6. The van der Waals surface area contributed by atoms with Crippen molar-refractivity contribution in [2.24, 2.45) is 5.92 Å². The lowest BCUT2D eigenvalue weighted by atomic mass is 10.1. The molecule has 1 saturated heterocycles. The quantitative estimate of drug-likeness (QED) is 0.656. The first kappa shape index (κ1) is 13.6. The first-order valence-electron chi connectivity index (χ1n) is 6.62. The Labute approximate surface area is 111 Å². The molecular formula is C12H19N3O4. The number of nitrogens with one attached hydrogen (secondary N) is 2. The smallest absolute Gasteiger partial charge is 0.326 e. The highest BCUT2D eigenvalue weighted by molar-refractivity contribution is 5.89. The Morgan fingerprint density at radius 1 is 1.53 bits per heavy atom. The number of nitrogens with zero attached hydrogens (tertiary/aromatic N) is 1. The average molecular weight is 269 g/mol. The van der Waals surface area contributed by atoms with Gasteiger partial charge in [-0.3, -0.25) is 4.79 Å². The maximum absolute atomic E-state index is 12.1. The standard InChI is InChI=1S/C12H19N3O4/c1-2-8-10(16)13-5-6-15(8)12(19)14-9(11(17)18)7-3-4-7/h7-9H,2-6H2,1H3,(H,13,16)(H,14,19)(H,17,18). The Bertz CT molecular complexity index is 394. The third-order valence-corrected chi connectivity index (χ3v) is 3.62. The summed E-state index contributed by atoms with van der Waals surface area (Å²) in [6.07, 6.45) is 2.17. The Morgan fingerprint density at radius 3 is 2.74 bits per heavy atom. The van der Waals surface area contributed by atoms with Crippen molar-refractivity contribution in [1.29, 1.82) is 0 Å². The second-order valence-corrected chi connectivity index (χ2v) is 5.01. The molecule has 0 aromatic carbocycles. The van der Waals surface area contributed by atoms with Gasteiger partial charge in [-0.2, -0.15) is 0 Å². The third-order valence-electron chi connectivity index (χ3n) is 3.62. The van der Waals surface area contributed by atoms with Gasteiger partial charge in [0.15, 0.2) is 0 Å². The highest BCUT2D eigenvalue weighted by Gasteiger charge is 2.39. The van der Waals surface area contributed by atoms with Gasteiger partial charge in [-0.1, -0.05) is 6.92 Å². The number of hydrogen-bond donors (Lipinski definition) is 3. The van der Waals surface area contributed by atoms with Gasteiger partial charge in [-0.25, -0.2) is 9.59 Å². The molecule has 0 radical (unpaired) electrons. The maximum Gasteiger partial charge on any atom is 0.326 e. The largest absolute Gasteiger partial charge is 0.480 e. The van der Waals surface area contributed by atoms with Crippen LogP contribution in [0, 0.1) is 5.92 Å². The van der Waals surface area contributed by atoms with E-state index in [1.165, 1.54) is 4.90 Å². The second kappa shape index (κ2) is 5.46. The molecule has 0 aromatic rings. The number of carboxylic acid groups (broad SMARTS) is 1. The zero-order chi connectivity index (χ0) is 14.0. The Kier molecular flexibility index (Phi) is 3.92. The summed E-state index contributed by atoms with van der Waals surface area (Å²) in [7, 11) is 0. The first-order chi connectivity index (χ1) is 9.04. The minimum absolute atomic E-state index is 0.0279. The molecule has 1 saturated carbocycles. The SMILES string of the molecule is CCC1C(=O)NCCN1C(=O)NC(C(=O)O)C1CC1. The molecule has 2 atom stereocenters. The van der Waals surface area contributed by atoms with Crippen LogP contribution in [-0.2, 0) is 9.59 Å². The summed E-state index contributed by atoms with van der Waals surface area (Å²) in [5.41, 5.74) is 0. The minimum atomic E-state index is -1.01. The molecule has 7 nitrogen and oxygen atoms in total. The van der Waals surface area contributed by atoms with Gasteiger partial charge in [0.1, 0.15) is 12.1 Å². The van der Waals surface area contributed by atoms with E-state index in [1.54, 1.807) is 0 Å². The van der Waals surface area contributed by atoms with Gasteiger partial charge < -0.3 is 20.6 Å². The number of aliphatic carboxylic acids is 1. The molecule has 2 fully saturated rings. The van der Waals surface area contributed by atoms with Crippen molar-refractivity contribution < 1.29 is 19.5 Å². The van der Waals surface area contributed by atoms with E-state index in [-0.39, 0.29) is 11.8 Å². The third kappa shape index (κ3) is 2.97. The molecule has 0 bridgehead atoms. The topological polar surface area (TPSA) is 98.7 Å². The molecule has 1 aliphatic carbocycles. The molecule has 3 N–H and O–H groups in total. The lowest BCUT2D eigenvalue weighted by molar-refractivity contribution is -0.139. The average Bonchev–Trinajstić information content (AvgIpc) is 3.19. The van der Waals surface area contributed by atoms with Crippen LogP contribution >= 0.6 is 0 Å². The zero-order valence-electron chi connectivity index (χ0n) is 10.9. The molecule has 1 heterocycles. The molecule has 2 rings (SSSR count). The van der Waals surface area contributed by atoms with E-state index in [0.29, 0.717) is 19.5 Å². The number of urea groups is 1. The fraction of sp³-hybridized carbons (Fsp3) is 0.750. The number of carbonyl (C=O) groups excluding carboxylic acids is 2. The second-order valence-electron chi connectivity index (χ2n) is 5.01. The van der Waals surface area contributed by atoms with Crippen LogP contribution in [-0.4, -0.2) is 53.1 Å². The number of piperazine rings is 1. The molecule has 19 heavy (non-hydrogen) atoms. The molecule has 0 spiro atoms. The van der Waals surface area contributed by atoms with Gasteiger partial charge >= 0.3 is 12.0 Å². The number of amides is 3. The van der Waals surface area contributed by atoms with E-state index in [2.05, 4.69) is 10.6 Å². The highest BCUT2D eigenvalue weighted by Crippen LogP contribution is 2.32. The van der Waals surface area contributed by atoms with Crippen molar-refractivity contribution in [2.75, 3.05) is 13.1 Å². The summed E-state index contributed by atoms with van der Waals surface area (Å²) in [6.45, 7) is 2.64. The van der Waals surface area contributed by atoms with E-state index in [4.69, 9.17) is 5.11 Å². The summed E-state index contributed by atoms with van der Waals surface area (Å²) in [4.78, 5) is 36.3. The molecule has 106 valence electrons. The Hall–Kier alpha value is -1.79. The van der Waals surface area contributed by atoms with Gasteiger partial charge in [0.05, 0.1) is 0 Å². The fourth-order valence-corrected chi connectivity index (χ4v) is 2.39. The van der Waals surface area contributed by atoms with Crippen LogP contribution in [0.15, 0.2) is 0 Å². The lowest BCUT2D eigenvalue weighted by Gasteiger charge is -2.35. The number of rotatable bonds is 4.